The summed E-state index contributed by atoms with van der Waals surface area (Å²) in [7, 11) is 1.65. The van der Waals surface area contributed by atoms with Gasteiger partial charge in [0.25, 0.3) is 11.7 Å². The number of Topliss-reactive ketones (excluding diaryl/α,β-unsaturated/α-hetero) is 1. The van der Waals surface area contributed by atoms with E-state index in [9.17, 15) is 9.59 Å². The lowest BCUT2D eigenvalue weighted by Gasteiger charge is -2.26. The lowest BCUT2D eigenvalue weighted by molar-refractivity contribution is -0.114. The molecule has 1 aliphatic rings. The summed E-state index contributed by atoms with van der Waals surface area (Å²) in [6.07, 6.45) is 0.664. The number of carbonyl (C=O) groups excluding carboxylic acids is 2. The van der Waals surface area contributed by atoms with Crippen molar-refractivity contribution >= 4 is 33.3 Å². The number of anilines is 1. The average molecular weight is 340 g/mol. The van der Waals surface area contributed by atoms with Gasteiger partial charge in [0.15, 0.2) is 0 Å². The molecule has 4 nitrogen and oxygen atoms in total. The van der Waals surface area contributed by atoms with E-state index in [0.717, 1.165) is 15.7 Å². The molecule has 0 unspecified atom stereocenters. The van der Waals surface area contributed by atoms with E-state index in [0.29, 0.717) is 18.5 Å². The van der Waals surface area contributed by atoms with Crippen molar-refractivity contribution in [3.05, 3.63) is 27.7 Å². The van der Waals surface area contributed by atoms with Crippen molar-refractivity contribution < 1.29 is 14.3 Å². The topological polar surface area (TPSA) is 46.6 Å². The molecule has 5 heteroatoms. The van der Waals surface area contributed by atoms with E-state index in [-0.39, 0.29) is 5.60 Å². The quantitative estimate of drug-likeness (QED) is 0.792. The molecule has 1 aromatic rings. The second-order valence-electron chi connectivity index (χ2n) is 5.62. The molecule has 0 N–H and O–H groups in total. The van der Waals surface area contributed by atoms with Crippen LogP contribution in [0.1, 0.15) is 36.2 Å². The van der Waals surface area contributed by atoms with Gasteiger partial charge in [0.05, 0.1) is 16.9 Å². The fourth-order valence-electron chi connectivity index (χ4n) is 2.30. The second kappa shape index (κ2) is 5.30. The molecule has 0 aromatic heterocycles. The van der Waals surface area contributed by atoms with Crippen LogP contribution >= 0.6 is 15.9 Å². The standard InChI is InChI=1S/C15H18BrNO3/c1-9-7-10(16)8-11-12(9)17(14(19)13(11)18)6-5-15(2,3)20-4/h7-8H,5-6H2,1-4H3. The van der Waals surface area contributed by atoms with E-state index in [1.165, 1.54) is 0 Å². The molecule has 0 atom stereocenters. The Kier molecular flexibility index (Phi) is 4.02. The minimum absolute atomic E-state index is 0.324. The number of ketones is 1. The van der Waals surface area contributed by atoms with E-state index < -0.39 is 11.7 Å². The Labute approximate surface area is 127 Å². The Morgan fingerprint density at radius 3 is 2.55 bits per heavy atom. The number of benzene rings is 1. The molecule has 0 aliphatic carbocycles. The highest BCUT2D eigenvalue weighted by Gasteiger charge is 2.37. The Morgan fingerprint density at radius 2 is 1.95 bits per heavy atom. The summed E-state index contributed by atoms with van der Waals surface area (Å²) in [6, 6.07) is 3.63. The summed E-state index contributed by atoms with van der Waals surface area (Å²) < 4.78 is 6.18. The number of halogens is 1. The summed E-state index contributed by atoms with van der Waals surface area (Å²) in [5.41, 5.74) is 1.81. The zero-order valence-corrected chi connectivity index (χ0v) is 13.7. The minimum atomic E-state index is -0.451. The number of ether oxygens (including phenoxy) is 1. The Hall–Kier alpha value is -1.20. The molecular formula is C15H18BrNO3. The van der Waals surface area contributed by atoms with Crippen LogP contribution in [-0.4, -0.2) is 30.9 Å². The van der Waals surface area contributed by atoms with Gasteiger partial charge < -0.3 is 9.64 Å². The SMILES string of the molecule is COC(C)(C)CCN1C(=O)C(=O)c2cc(Br)cc(C)c21. The van der Waals surface area contributed by atoms with Crippen molar-refractivity contribution in [3.8, 4) is 0 Å². The Balaban J connectivity index is 2.34. The van der Waals surface area contributed by atoms with Gasteiger partial charge >= 0.3 is 0 Å². The fourth-order valence-corrected chi connectivity index (χ4v) is 2.87. The molecule has 2 rings (SSSR count). The predicted octanol–water partition coefficient (Wildman–Crippen LogP) is 3.10. The van der Waals surface area contributed by atoms with E-state index in [1.807, 2.05) is 26.8 Å². The number of carbonyl (C=O) groups is 2. The molecule has 0 bridgehead atoms. The minimum Gasteiger partial charge on any atom is -0.379 e. The lowest BCUT2D eigenvalue weighted by Crippen LogP contribution is -2.35. The fraction of sp³-hybridized carbons (Fsp3) is 0.467. The van der Waals surface area contributed by atoms with Crippen molar-refractivity contribution in [2.45, 2.75) is 32.8 Å². The molecular weight excluding hydrogens is 322 g/mol. The van der Waals surface area contributed by atoms with Crippen molar-refractivity contribution in [2.75, 3.05) is 18.6 Å². The number of rotatable bonds is 4. The average Bonchev–Trinajstić information content (AvgIpc) is 2.61. The second-order valence-corrected chi connectivity index (χ2v) is 6.53. The lowest BCUT2D eigenvalue weighted by atomic mass is 10.0. The largest absolute Gasteiger partial charge is 0.379 e. The number of methoxy groups -OCH3 is 1. The maximum atomic E-state index is 12.2. The zero-order chi connectivity index (χ0) is 15.1. The monoisotopic (exact) mass is 339 g/mol. The Bertz CT molecular complexity index is 581. The number of hydrogen-bond donors (Lipinski definition) is 0. The molecule has 1 aliphatic heterocycles. The van der Waals surface area contributed by atoms with Gasteiger partial charge in [-0.15, -0.1) is 0 Å². The van der Waals surface area contributed by atoms with Crippen LogP contribution in [0.5, 0.6) is 0 Å². The maximum Gasteiger partial charge on any atom is 0.299 e. The van der Waals surface area contributed by atoms with Gasteiger partial charge in [-0.2, -0.15) is 0 Å². The number of amides is 1. The zero-order valence-electron chi connectivity index (χ0n) is 12.1. The first-order valence-electron chi connectivity index (χ1n) is 6.48. The molecule has 0 saturated heterocycles. The summed E-state index contributed by atoms with van der Waals surface area (Å²) in [6.45, 7) is 6.31. The third-order valence-corrected chi connectivity index (χ3v) is 4.17. The van der Waals surface area contributed by atoms with Crippen LogP contribution in [-0.2, 0) is 9.53 Å². The van der Waals surface area contributed by atoms with Crippen molar-refractivity contribution in [1.29, 1.82) is 0 Å². The van der Waals surface area contributed by atoms with Crippen LogP contribution in [0.4, 0.5) is 5.69 Å². The van der Waals surface area contributed by atoms with E-state index in [4.69, 9.17) is 4.74 Å². The number of aryl methyl sites for hydroxylation is 1. The molecule has 0 fully saturated rings. The summed E-state index contributed by atoms with van der Waals surface area (Å²) in [5, 5.41) is 0. The van der Waals surface area contributed by atoms with Gasteiger partial charge in [-0.05, 0) is 44.9 Å². The summed E-state index contributed by atoms with van der Waals surface area (Å²) >= 11 is 3.36. The molecule has 108 valence electrons. The predicted molar refractivity (Wildman–Crippen MR) is 81.3 cm³/mol. The van der Waals surface area contributed by atoms with Crippen molar-refractivity contribution in [2.24, 2.45) is 0 Å². The third-order valence-electron chi connectivity index (χ3n) is 3.71. The van der Waals surface area contributed by atoms with Crippen LogP contribution in [0.2, 0.25) is 0 Å². The number of hydrogen-bond acceptors (Lipinski definition) is 3. The first kappa shape index (κ1) is 15.2. The highest BCUT2D eigenvalue weighted by molar-refractivity contribution is 9.10. The molecule has 1 amide bonds. The van der Waals surface area contributed by atoms with Crippen molar-refractivity contribution in [1.82, 2.24) is 0 Å². The van der Waals surface area contributed by atoms with Gasteiger partial charge in [0.1, 0.15) is 0 Å². The number of nitrogens with zero attached hydrogens (tertiary/aromatic N) is 1. The van der Waals surface area contributed by atoms with E-state index in [2.05, 4.69) is 15.9 Å². The summed E-state index contributed by atoms with van der Waals surface area (Å²) in [5.74, 6) is -0.882. The molecule has 1 aromatic carbocycles. The van der Waals surface area contributed by atoms with Crippen LogP contribution in [0.3, 0.4) is 0 Å². The normalized spacial score (nSPS) is 14.9. The van der Waals surface area contributed by atoms with Gasteiger partial charge in [0.2, 0.25) is 0 Å². The van der Waals surface area contributed by atoms with Crippen LogP contribution < -0.4 is 4.90 Å². The molecule has 1 heterocycles. The maximum absolute atomic E-state index is 12.2. The van der Waals surface area contributed by atoms with Crippen LogP contribution in [0.25, 0.3) is 0 Å². The van der Waals surface area contributed by atoms with Gasteiger partial charge in [-0.1, -0.05) is 15.9 Å². The van der Waals surface area contributed by atoms with Crippen molar-refractivity contribution in [3.63, 3.8) is 0 Å². The smallest absolute Gasteiger partial charge is 0.299 e. The molecule has 20 heavy (non-hydrogen) atoms. The van der Waals surface area contributed by atoms with Crippen LogP contribution in [0, 0.1) is 6.92 Å². The van der Waals surface area contributed by atoms with Crippen LogP contribution in [0.15, 0.2) is 16.6 Å². The first-order valence-corrected chi connectivity index (χ1v) is 7.27. The highest BCUT2D eigenvalue weighted by Crippen LogP contribution is 2.35. The molecule has 0 saturated carbocycles. The van der Waals surface area contributed by atoms with E-state index in [1.54, 1.807) is 18.1 Å². The van der Waals surface area contributed by atoms with E-state index >= 15 is 0 Å². The van der Waals surface area contributed by atoms with Gasteiger partial charge in [0, 0.05) is 18.1 Å². The van der Waals surface area contributed by atoms with Gasteiger partial charge in [-0.3, -0.25) is 9.59 Å². The summed E-state index contributed by atoms with van der Waals surface area (Å²) in [4.78, 5) is 25.8. The van der Waals surface area contributed by atoms with Gasteiger partial charge in [-0.25, -0.2) is 0 Å². The first-order chi connectivity index (χ1) is 9.26. The molecule has 0 radical (unpaired) electrons. The number of fused-ring (bicyclic) bond motifs is 1. The highest BCUT2D eigenvalue weighted by atomic mass is 79.9. The third kappa shape index (κ3) is 2.65. The molecule has 0 spiro atoms. The Morgan fingerprint density at radius 1 is 1.30 bits per heavy atom.